The Hall–Kier alpha value is -2.08. The summed E-state index contributed by atoms with van der Waals surface area (Å²) < 4.78 is 6.82. The van der Waals surface area contributed by atoms with E-state index in [-0.39, 0.29) is 5.91 Å². The van der Waals surface area contributed by atoms with Crippen molar-refractivity contribution in [3.63, 3.8) is 0 Å². The molecule has 118 valence electrons. The zero-order chi connectivity index (χ0) is 16.3. The molecule has 2 heterocycles. The largest absolute Gasteiger partial charge is 0.469 e. The van der Waals surface area contributed by atoms with Gasteiger partial charge in [0.2, 0.25) is 0 Å². The number of aromatic nitrogens is 2. The van der Waals surface area contributed by atoms with Gasteiger partial charge in [0.1, 0.15) is 10.9 Å². The van der Waals surface area contributed by atoms with Gasteiger partial charge in [-0.15, -0.1) is 0 Å². The van der Waals surface area contributed by atoms with E-state index in [9.17, 15) is 4.79 Å². The van der Waals surface area contributed by atoms with Gasteiger partial charge >= 0.3 is 0 Å². The summed E-state index contributed by atoms with van der Waals surface area (Å²) in [5.41, 5.74) is 4.38. The standard InChI is InChI=1S/C15H19ClN4O2/c1-9(2)8-20-14(16)13(10(3)19-20)7-17-18-15(21)12-5-6-22-11(12)4/h5-7,9H,8H2,1-4H3,(H,18,21)/b17-7-. The zero-order valence-corrected chi connectivity index (χ0v) is 13.8. The highest BCUT2D eigenvalue weighted by atomic mass is 35.5. The molecule has 0 radical (unpaired) electrons. The van der Waals surface area contributed by atoms with Crippen molar-refractivity contribution in [1.29, 1.82) is 0 Å². The number of rotatable bonds is 5. The minimum Gasteiger partial charge on any atom is -0.469 e. The Morgan fingerprint density at radius 2 is 2.27 bits per heavy atom. The second kappa shape index (κ2) is 6.79. The van der Waals surface area contributed by atoms with Crippen LogP contribution in [0, 0.1) is 19.8 Å². The number of amides is 1. The topological polar surface area (TPSA) is 72.4 Å². The number of aryl methyl sites for hydroxylation is 2. The minimum absolute atomic E-state index is 0.328. The van der Waals surface area contributed by atoms with Crippen LogP contribution in [0.25, 0.3) is 0 Å². The molecule has 2 aromatic rings. The normalized spacial score (nSPS) is 11.5. The number of hydrogen-bond donors (Lipinski definition) is 1. The molecule has 0 fully saturated rings. The summed E-state index contributed by atoms with van der Waals surface area (Å²) in [5.74, 6) is 0.655. The number of nitrogens with zero attached hydrogens (tertiary/aromatic N) is 3. The Morgan fingerprint density at radius 1 is 1.55 bits per heavy atom. The fraction of sp³-hybridized carbons (Fsp3) is 0.400. The van der Waals surface area contributed by atoms with Crippen molar-refractivity contribution in [3.05, 3.63) is 40.1 Å². The van der Waals surface area contributed by atoms with Crippen molar-refractivity contribution in [2.24, 2.45) is 11.0 Å². The Balaban J connectivity index is 2.09. The third-order valence-corrected chi connectivity index (χ3v) is 3.51. The van der Waals surface area contributed by atoms with Gasteiger partial charge in [-0.25, -0.2) is 5.43 Å². The molecule has 0 aromatic carbocycles. The second-order valence-corrected chi connectivity index (χ2v) is 5.81. The Kier molecular flexibility index (Phi) is 5.03. The first kappa shape index (κ1) is 16.3. The van der Waals surface area contributed by atoms with E-state index in [1.54, 1.807) is 17.7 Å². The maximum atomic E-state index is 11.9. The van der Waals surface area contributed by atoms with Crippen LogP contribution in [0.5, 0.6) is 0 Å². The monoisotopic (exact) mass is 322 g/mol. The van der Waals surface area contributed by atoms with Crippen molar-refractivity contribution < 1.29 is 9.21 Å². The predicted octanol–water partition coefficient (Wildman–Crippen LogP) is 3.17. The first-order valence-corrected chi connectivity index (χ1v) is 7.38. The molecule has 2 rings (SSSR count). The fourth-order valence-electron chi connectivity index (χ4n) is 2.02. The average molecular weight is 323 g/mol. The Labute approximate surface area is 134 Å². The molecule has 0 saturated carbocycles. The lowest BCUT2D eigenvalue weighted by atomic mass is 10.2. The number of hydrogen-bond acceptors (Lipinski definition) is 4. The van der Waals surface area contributed by atoms with E-state index in [1.807, 2.05) is 6.92 Å². The number of halogens is 1. The smallest absolute Gasteiger partial charge is 0.274 e. The molecule has 0 atom stereocenters. The molecule has 0 aliphatic carbocycles. The first-order chi connectivity index (χ1) is 10.4. The fourth-order valence-corrected chi connectivity index (χ4v) is 2.31. The number of furan rings is 1. The molecule has 0 aliphatic rings. The number of hydrazone groups is 1. The molecule has 6 nitrogen and oxygen atoms in total. The Bertz CT molecular complexity index is 700. The quantitative estimate of drug-likeness (QED) is 0.679. The lowest BCUT2D eigenvalue weighted by Gasteiger charge is -2.05. The lowest BCUT2D eigenvalue weighted by molar-refractivity contribution is 0.0953. The van der Waals surface area contributed by atoms with Crippen molar-refractivity contribution in [2.75, 3.05) is 0 Å². The summed E-state index contributed by atoms with van der Waals surface area (Å²) in [6.07, 6.45) is 2.97. The molecule has 22 heavy (non-hydrogen) atoms. The summed E-state index contributed by atoms with van der Waals surface area (Å²) in [4.78, 5) is 11.9. The van der Waals surface area contributed by atoms with E-state index in [1.165, 1.54) is 12.5 Å². The van der Waals surface area contributed by atoms with E-state index < -0.39 is 0 Å². The highest BCUT2D eigenvalue weighted by Crippen LogP contribution is 2.19. The summed E-state index contributed by atoms with van der Waals surface area (Å²) >= 11 is 6.30. The highest BCUT2D eigenvalue weighted by Gasteiger charge is 2.13. The van der Waals surface area contributed by atoms with Gasteiger partial charge in [-0.05, 0) is 25.8 Å². The molecule has 1 amide bonds. The lowest BCUT2D eigenvalue weighted by Crippen LogP contribution is -2.17. The van der Waals surface area contributed by atoms with E-state index in [2.05, 4.69) is 29.5 Å². The van der Waals surface area contributed by atoms with Gasteiger partial charge in [-0.3, -0.25) is 9.48 Å². The van der Waals surface area contributed by atoms with Gasteiger partial charge in [-0.2, -0.15) is 10.2 Å². The van der Waals surface area contributed by atoms with Crippen LogP contribution in [0.1, 0.15) is 41.2 Å². The Morgan fingerprint density at radius 3 is 2.86 bits per heavy atom. The van der Waals surface area contributed by atoms with E-state index in [4.69, 9.17) is 16.0 Å². The molecule has 7 heteroatoms. The summed E-state index contributed by atoms with van der Waals surface area (Å²) in [5, 5.41) is 8.84. The van der Waals surface area contributed by atoms with Gasteiger partial charge in [0.15, 0.2) is 0 Å². The van der Waals surface area contributed by atoms with E-state index >= 15 is 0 Å². The van der Waals surface area contributed by atoms with Gasteiger partial charge in [0.05, 0.1) is 29.3 Å². The van der Waals surface area contributed by atoms with Crippen LogP contribution in [-0.2, 0) is 6.54 Å². The zero-order valence-electron chi connectivity index (χ0n) is 13.1. The molecule has 0 unspecified atom stereocenters. The van der Waals surface area contributed by atoms with Crippen molar-refractivity contribution in [2.45, 2.75) is 34.2 Å². The SMILES string of the molecule is Cc1nn(CC(C)C)c(Cl)c1/C=N\NC(=O)c1ccoc1C. The molecular weight excluding hydrogens is 304 g/mol. The van der Waals surface area contributed by atoms with Crippen molar-refractivity contribution in [1.82, 2.24) is 15.2 Å². The predicted molar refractivity (Wildman–Crippen MR) is 85.3 cm³/mol. The van der Waals surface area contributed by atoms with Crippen LogP contribution in [-0.4, -0.2) is 21.9 Å². The summed E-state index contributed by atoms with van der Waals surface area (Å²) in [6.45, 7) is 8.49. The molecule has 0 spiro atoms. The first-order valence-electron chi connectivity index (χ1n) is 7.00. The molecule has 2 aromatic heterocycles. The highest BCUT2D eigenvalue weighted by molar-refractivity contribution is 6.32. The van der Waals surface area contributed by atoms with Crippen LogP contribution in [0.2, 0.25) is 5.15 Å². The van der Waals surface area contributed by atoms with Crippen LogP contribution in [0.15, 0.2) is 21.8 Å². The number of nitrogens with one attached hydrogen (secondary N) is 1. The van der Waals surface area contributed by atoms with E-state index in [0.29, 0.717) is 28.0 Å². The maximum Gasteiger partial charge on any atom is 0.274 e. The maximum absolute atomic E-state index is 11.9. The molecule has 0 bridgehead atoms. The van der Waals surface area contributed by atoms with Crippen molar-refractivity contribution >= 4 is 23.7 Å². The van der Waals surface area contributed by atoms with Gasteiger partial charge in [0.25, 0.3) is 5.91 Å². The van der Waals surface area contributed by atoms with Gasteiger partial charge in [-0.1, -0.05) is 25.4 Å². The molecule has 0 aliphatic heterocycles. The van der Waals surface area contributed by atoms with Gasteiger partial charge in [0, 0.05) is 6.54 Å². The molecule has 0 saturated heterocycles. The number of carbonyl (C=O) groups excluding carboxylic acids is 1. The summed E-state index contributed by atoms with van der Waals surface area (Å²) in [6, 6.07) is 1.60. The van der Waals surface area contributed by atoms with E-state index in [0.717, 1.165) is 12.2 Å². The number of carbonyl (C=O) groups is 1. The average Bonchev–Trinajstić information content (AvgIpc) is 2.96. The molecule has 1 N–H and O–H groups in total. The third kappa shape index (κ3) is 3.57. The summed E-state index contributed by atoms with van der Waals surface area (Å²) in [7, 11) is 0. The van der Waals surface area contributed by atoms with Gasteiger partial charge < -0.3 is 4.42 Å². The van der Waals surface area contributed by atoms with Crippen LogP contribution in [0.4, 0.5) is 0 Å². The van der Waals surface area contributed by atoms with Crippen LogP contribution >= 0.6 is 11.6 Å². The second-order valence-electron chi connectivity index (χ2n) is 5.46. The molecular formula is C15H19ClN4O2. The van der Waals surface area contributed by atoms with Crippen molar-refractivity contribution in [3.8, 4) is 0 Å². The third-order valence-electron chi connectivity index (χ3n) is 3.11. The van der Waals surface area contributed by atoms with Crippen LogP contribution < -0.4 is 5.43 Å². The minimum atomic E-state index is -0.328. The van der Waals surface area contributed by atoms with Crippen LogP contribution in [0.3, 0.4) is 0 Å².